The number of hydrogen-bond acceptors (Lipinski definition) is 3. The molecule has 2 N–H and O–H groups in total. The van der Waals surface area contributed by atoms with Crippen molar-refractivity contribution in [3.8, 4) is 0 Å². The maximum atomic E-state index is 5.64. The third-order valence-corrected chi connectivity index (χ3v) is 2.44. The number of nitrogens with zero attached hydrogens (tertiary/aromatic N) is 2. The minimum Gasteiger partial charge on any atom is -0.255 e. The highest BCUT2D eigenvalue weighted by Crippen LogP contribution is 2.15. The summed E-state index contributed by atoms with van der Waals surface area (Å²) in [5.41, 5.74) is 0. The first-order chi connectivity index (χ1) is 5.20. The van der Waals surface area contributed by atoms with Crippen LogP contribution in [0, 0.1) is 5.92 Å². The lowest BCUT2D eigenvalue weighted by atomic mass is 10.0. The summed E-state index contributed by atoms with van der Waals surface area (Å²) in [7, 11) is 1.91. The van der Waals surface area contributed by atoms with Crippen LogP contribution in [0.4, 0.5) is 0 Å². The Labute approximate surface area is 69.1 Å². The Morgan fingerprint density at radius 1 is 1.36 bits per heavy atom. The summed E-state index contributed by atoms with van der Waals surface area (Å²) in [5, 5.41) is 3.93. The van der Waals surface area contributed by atoms with Crippen LogP contribution < -0.4 is 5.84 Å². The zero-order valence-electron chi connectivity index (χ0n) is 7.58. The molecule has 1 saturated heterocycles. The minimum absolute atomic E-state index is 0.875. The molecule has 0 saturated carbocycles. The van der Waals surface area contributed by atoms with Gasteiger partial charge in [-0.05, 0) is 25.2 Å². The van der Waals surface area contributed by atoms with Crippen molar-refractivity contribution in [2.45, 2.75) is 26.2 Å². The molecule has 66 valence electrons. The molecule has 3 heteroatoms. The number of nitrogens with two attached hydrogens (primary N) is 1. The Morgan fingerprint density at radius 3 is 2.73 bits per heavy atom. The predicted octanol–water partition coefficient (Wildman–Crippen LogP) is 0.829. The van der Waals surface area contributed by atoms with Crippen molar-refractivity contribution in [1.29, 1.82) is 0 Å². The number of rotatable bonds is 1. The number of hydrazine groups is 2. The van der Waals surface area contributed by atoms with Crippen molar-refractivity contribution in [2.75, 3.05) is 20.1 Å². The summed E-state index contributed by atoms with van der Waals surface area (Å²) in [5.74, 6) is 6.52. The van der Waals surface area contributed by atoms with Gasteiger partial charge in [-0.1, -0.05) is 6.92 Å². The highest BCUT2D eigenvalue weighted by atomic mass is 15.7. The van der Waals surface area contributed by atoms with Crippen LogP contribution in [0.1, 0.15) is 26.2 Å². The van der Waals surface area contributed by atoms with E-state index < -0.39 is 0 Å². The normalized spacial score (nSPS) is 28.9. The molecule has 0 radical (unpaired) electrons. The molecule has 0 aromatic rings. The van der Waals surface area contributed by atoms with Crippen molar-refractivity contribution in [3.63, 3.8) is 0 Å². The third kappa shape index (κ3) is 2.77. The lowest BCUT2D eigenvalue weighted by Gasteiger charge is -2.26. The zero-order valence-corrected chi connectivity index (χ0v) is 7.58. The van der Waals surface area contributed by atoms with E-state index in [4.69, 9.17) is 5.84 Å². The molecule has 1 fully saturated rings. The zero-order chi connectivity index (χ0) is 8.27. The first kappa shape index (κ1) is 8.97. The molecular formula is C8H19N3. The fraction of sp³-hybridized carbons (Fsp3) is 1.00. The van der Waals surface area contributed by atoms with Gasteiger partial charge in [0.1, 0.15) is 0 Å². The summed E-state index contributed by atoms with van der Waals surface area (Å²) >= 11 is 0. The molecule has 1 aliphatic rings. The van der Waals surface area contributed by atoms with Gasteiger partial charge in [-0.2, -0.15) is 5.12 Å². The molecule has 0 aromatic carbocycles. The topological polar surface area (TPSA) is 32.5 Å². The van der Waals surface area contributed by atoms with Gasteiger partial charge in [-0.25, -0.2) is 5.01 Å². The fourth-order valence-corrected chi connectivity index (χ4v) is 1.56. The van der Waals surface area contributed by atoms with E-state index in [-0.39, 0.29) is 0 Å². The van der Waals surface area contributed by atoms with Crippen molar-refractivity contribution in [3.05, 3.63) is 0 Å². The standard InChI is InChI=1S/C8H19N3/c1-8-4-3-6-11(7-5-8)10(2)9/h8H,3-7,9H2,1-2H3. The van der Waals surface area contributed by atoms with E-state index in [9.17, 15) is 0 Å². The van der Waals surface area contributed by atoms with Crippen LogP contribution in [-0.4, -0.2) is 30.3 Å². The maximum Gasteiger partial charge on any atom is 0.0174 e. The SMILES string of the molecule is CC1CCCN(N(C)N)CC1. The Kier molecular flexibility index (Phi) is 3.30. The molecule has 11 heavy (non-hydrogen) atoms. The van der Waals surface area contributed by atoms with E-state index in [2.05, 4.69) is 11.9 Å². The summed E-state index contributed by atoms with van der Waals surface area (Å²) in [6.45, 7) is 4.56. The quantitative estimate of drug-likeness (QED) is 0.452. The number of hydrogen-bond donors (Lipinski definition) is 1. The molecule has 0 aliphatic carbocycles. The van der Waals surface area contributed by atoms with Crippen LogP contribution in [-0.2, 0) is 0 Å². The molecule has 1 atom stereocenters. The van der Waals surface area contributed by atoms with E-state index in [1.54, 1.807) is 5.12 Å². The van der Waals surface area contributed by atoms with E-state index >= 15 is 0 Å². The molecule has 1 rings (SSSR count). The van der Waals surface area contributed by atoms with Gasteiger partial charge in [-0.3, -0.25) is 5.84 Å². The van der Waals surface area contributed by atoms with Crippen LogP contribution >= 0.6 is 0 Å². The van der Waals surface area contributed by atoms with Crippen molar-refractivity contribution in [1.82, 2.24) is 10.1 Å². The molecule has 0 spiro atoms. The van der Waals surface area contributed by atoms with E-state index in [0.29, 0.717) is 0 Å². The predicted molar refractivity (Wildman–Crippen MR) is 46.5 cm³/mol. The van der Waals surface area contributed by atoms with Crippen LogP contribution in [0.15, 0.2) is 0 Å². The van der Waals surface area contributed by atoms with Gasteiger partial charge in [0.2, 0.25) is 0 Å². The fourth-order valence-electron chi connectivity index (χ4n) is 1.56. The van der Waals surface area contributed by atoms with Gasteiger partial charge in [0.15, 0.2) is 0 Å². The van der Waals surface area contributed by atoms with Gasteiger partial charge in [0.05, 0.1) is 0 Å². The summed E-state index contributed by atoms with van der Waals surface area (Å²) in [6.07, 6.45) is 3.91. The minimum atomic E-state index is 0.875. The van der Waals surface area contributed by atoms with Gasteiger partial charge >= 0.3 is 0 Å². The monoisotopic (exact) mass is 157 g/mol. The molecule has 1 unspecified atom stereocenters. The first-order valence-corrected chi connectivity index (χ1v) is 4.43. The first-order valence-electron chi connectivity index (χ1n) is 4.43. The molecule has 0 amide bonds. The second kappa shape index (κ2) is 4.04. The Bertz CT molecular complexity index is 114. The summed E-state index contributed by atoms with van der Waals surface area (Å²) in [6, 6.07) is 0. The second-order valence-electron chi connectivity index (χ2n) is 3.56. The summed E-state index contributed by atoms with van der Waals surface area (Å²) in [4.78, 5) is 0. The average Bonchev–Trinajstić information content (AvgIpc) is 2.13. The molecule has 3 nitrogen and oxygen atoms in total. The highest BCUT2D eigenvalue weighted by molar-refractivity contribution is 4.63. The molecule has 0 aromatic heterocycles. The van der Waals surface area contributed by atoms with Crippen molar-refractivity contribution >= 4 is 0 Å². The molecule has 1 heterocycles. The van der Waals surface area contributed by atoms with Crippen molar-refractivity contribution in [2.24, 2.45) is 11.8 Å². The van der Waals surface area contributed by atoms with Gasteiger partial charge in [-0.15, -0.1) is 0 Å². The Balaban J connectivity index is 2.34. The second-order valence-corrected chi connectivity index (χ2v) is 3.56. The maximum absolute atomic E-state index is 5.64. The van der Waals surface area contributed by atoms with Gasteiger partial charge in [0, 0.05) is 20.1 Å². The van der Waals surface area contributed by atoms with Crippen LogP contribution in [0.5, 0.6) is 0 Å². The van der Waals surface area contributed by atoms with E-state index in [1.807, 2.05) is 7.05 Å². The lowest BCUT2D eigenvalue weighted by Crippen LogP contribution is -2.45. The van der Waals surface area contributed by atoms with Gasteiger partial charge < -0.3 is 0 Å². The Hall–Kier alpha value is -0.120. The van der Waals surface area contributed by atoms with Crippen molar-refractivity contribution < 1.29 is 0 Å². The van der Waals surface area contributed by atoms with Crippen LogP contribution in [0.2, 0.25) is 0 Å². The lowest BCUT2D eigenvalue weighted by molar-refractivity contribution is 0.00133. The molecule has 0 bridgehead atoms. The average molecular weight is 157 g/mol. The Morgan fingerprint density at radius 2 is 2.09 bits per heavy atom. The van der Waals surface area contributed by atoms with Crippen LogP contribution in [0.3, 0.4) is 0 Å². The molecular weight excluding hydrogens is 138 g/mol. The third-order valence-electron chi connectivity index (χ3n) is 2.44. The summed E-state index contributed by atoms with van der Waals surface area (Å²) < 4.78 is 0. The van der Waals surface area contributed by atoms with E-state index in [0.717, 1.165) is 19.0 Å². The van der Waals surface area contributed by atoms with Gasteiger partial charge in [0.25, 0.3) is 0 Å². The van der Waals surface area contributed by atoms with E-state index in [1.165, 1.54) is 19.3 Å². The molecule has 1 aliphatic heterocycles. The smallest absolute Gasteiger partial charge is 0.0174 e. The largest absolute Gasteiger partial charge is 0.255 e. The van der Waals surface area contributed by atoms with Crippen LogP contribution in [0.25, 0.3) is 0 Å². The highest BCUT2D eigenvalue weighted by Gasteiger charge is 2.14.